The van der Waals surface area contributed by atoms with Crippen LogP contribution in [0.5, 0.6) is 0 Å². The minimum atomic E-state index is 0.444. The highest BCUT2D eigenvalue weighted by molar-refractivity contribution is 5.06. The fourth-order valence-electron chi connectivity index (χ4n) is 2.17. The second-order valence-corrected chi connectivity index (χ2v) is 4.80. The zero-order valence-corrected chi connectivity index (χ0v) is 9.88. The topological polar surface area (TPSA) is 9.23 Å². The van der Waals surface area contributed by atoms with Crippen molar-refractivity contribution in [3.8, 4) is 0 Å². The first-order valence-corrected chi connectivity index (χ1v) is 5.93. The van der Waals surface area contributed by atoms with Crippen LogP contribution < -0.4 is 0 Å². The maximum absolute atomic E-state index is 5.52. The van der Waals surface area contributed by atoms with E-state index in [1.165, 1.54) is 32.1 Å². The van der Waals surface area contributed by atoms with Crippen LogP contribution in [-0.4, -0.2) is 13.2 Å². The molecule has 0 spiro atoms. The van der Waals surface area contributed by atoms with E-state index in [4.69, 9.17) is 4.74 Å². The molecule has 0 bridgehead atoms. The van der Waals surface area contributed by atoms with Gasteiger partial charge in [-0.05, 0) is 44.4 Å². The summed E-state index contributed by atoms with van der Waals surface area (Å²) in [5, 5.41) is 0. The lowest BCUT2D eigenvalue weighted by molar-refractivity contribution is 0.0838. The number of ether oxygens (including phenoxy) is 1. The Hall–Kier alpha value is -0.300. The van der Waals surface area contributed by atoms with Crippen LogP contribution in [0.1, 0.15) is 52.4 Å². The van der Waals surface area contributed by atoms with Gasteiger partial charge in [-0.2, -0.15) is 0 Å². The molecule has 1 rings (SSSR count). The van der Waals surface area contributed by atoms with Gasteiger partial charge in [0.15, 0.2) is 0 Å². The van der Waals surface area contributed by atoms with Gasteiger partial charge in [0.1, 0.15) is 0 Å². The Balaban J connectivity index is 2.35. The van der Waals surface area contributed by atoms with Gasteiger partial charge < -0.3 is 4.74 Å². The van der Waals surface area contributed by atoms with Crippen LogP contribution in [0.25, 0.3) is 0 Å². The fourth-order valence-corrected chi connectivity index (χ4v) is 2.17. The molecule has 0 radical (unpaired) electrons. The summed E-state index contributed by atoms with van der Waals surface area (Å²) in [4.78, 5) is 0. The van der Waals surface area contributed by atoms with Crippen LogP contribution in [0.4, 0.5) is 0 Å². The Morgan fingerprint density at radius 3 is 2.64 bits per heavy atom. The maximum Gasteiger partial charge on any atom is 0.0610 e. The van der Waals surface area contributed by atoms with E-state index in [0.29, 0.717) is 6.10 Å². The molecule has 0 heterocycles. The van der Waals surface area contributed by atoms with E-state index in [1.54, 1.807) is 5.57 Å². The molecule has 1 atom stereocenters. The summed E-state index contributed by atoms with van der Waals surface area (Å²) in [5.74, 6) is 0.740. The summed E-state index contributed by atoms with van der Waals surface area (Å²) in [6.07, 6.45) is 10.6. The maximum atomic E-state index is 5.52. The largest absolute Gasteiger partial charge is 0.381 e. The van der Waals surface area contributed by atoms with Crippen molar-refractivity contribution in [2.24, 2.45) is 5.92 Å². The molecule has 0 aliphatic heterocycles. The van der Waals surface area contributed by atoms with Crippen molar-refractivity contribution >= 4 is 0 Å². The Labute approximate surface area is 88.5 Å². The van der Waals surface area contributed by atoms with E-state index in [9.17, 15) is 0 Å². The van der Waals surface area contributed by atoms with Gasteiger partial charge >= 0.3 is 0 Å². The van der Waals surface area contributed by atoms with Crippen molar-refractivity contribution in [2.45, 2.75) is 58.5 Å². The van der Waals surface area contributed by atoms with Crippen LogP contribution in [0, 0.1) is 5.92 Å². The second kappa shape index (κ2) is 6.23. The van der Waals surface area contributed by atoms with Gasteiger partial charge in [0, 0.05) is 7.11 Å². The summed E-state index contributed by atoms with van der Waals surface area (Å²) in [5.41, 5.74) is 1.63. The Morgan fingerprint density at radius 2 is 2.14 bits per heavy atom. The molecule has 0 saturated carbocycles. The Bertz CT molecular complexity index is 182. The monoisotopic (exact) mass is 196 g/mol. The van der Waals surface area contributed by atoms with Crippen molar-refractivity contribution in [1.29, 1.82) is 0 Å². The number of rotatable bonds is 5. The minimum Gasteiger partial charge on any atom is -0.381 e. The molecule has 0 aromatic rings. The van der Waals surface area contributed by atoms with Gasteiger partial charge in [0.2, 0.25) is 0 Å². The van der Waals surface area contributed by atoms with Crippen molar-refractivity contribution < 1.29 is 4.74 Å². The van der Waals surface area contributed by atoms with E-state index in [1.807, 2.05) is 7.11 Å². The molecule has 0 amide bonds. The van der Waals surface area contributed by atoms with Crippen LogP contribution in [0.15, 0.2) is 11.6 Å². The van der Waals surface area contributed by atoms with Crippen LogP contribution in [0.3, 0.4) is 0 Å². The summed E-state index contributed by atoms with van der Waals surface area (Å²) >= 11 is 0. The molecular weight excluding hydrogens is 172 g/mol. The van der Waals surface area contributed by atoms with Crippen molar-refractivity contribution in [2.75, 3.05) is 7.11 Å². The third-order valence-corrected chi connectivity index (χ3v) is 2.94. The fraction of sp³-hybridized carbons (Fsp3) is 0.846. The molecule has 1 heteroatoms. The molecule has 0 aromatic carbocycles. The molecule has 0 saturated heterocycles. The highest BCUT2D eigenvalue weighted by Gasteiger charge is 2.13. The minimum absolute atomic E-state index is 0.444. The van der Waals surface area contributed by atoms with E-state index in [-0.39, 0.29) is 0 Å². The lowest BCUT2D eigenvalue weighted by atomic mass is 9.92. The Morgan fingerprint density at radius 1 is 1.36 bits per heavy atom. The summed E-state index contributed by atoms with van der Waals surface area (Å²) in [7, 11) is 1.84. The molecule has 1 aliphatic carbocycles. The predicted octanol–water partition coefficient (Wildman–Crippen LogP) is 3.94. The SMILES string of the molecule is COC(CC1=CCCCC1)CC(C)C. The third-order valence-electron chi connectivity index (χ3n) is 2.94. The smallest absolute Gasteiger partial charge is 0.0610 e. The van der Waals surface area contributed by atoms with Crippen molar-refractivity contribution in [1.82, 2.24) is 0 Å². The predicted molar refractivity (Wildman–Crippen MR) is 61.4 cm³/mol. The van der Waals surface area contributed by atoms with Gasteiger partial charge in [-0.15, -0.1) is 0 Å². The number of methoxy groups -OCH3 is 1. The normalized spacial score (nSPS) is 19.6. The molecular formula is C13H24O. The zero-order chi connectivity index (χ0) is 10.4. The number of hydrogen-bond donors (Lipinski definition) is 0. The van der Waals surface area contributed by atoms with Crippen molar-refractivity contribution in [3.63, 3.8) is 0 Å². The molecule has 0 fully saturated rings. The lowest BCUT2D eigenvalue weighted by Gasteiger charge is -2.21. The Kier molecular flexibility index (Phi) is 5.24. The van der Waals surface area contributed by atoms with Crippen LogP contribution in [0.2, 0.25) is 0 Å². The second-order valence-electron chi connectivity index (χ2n) is 4.80. The standard InChI is InChI=1S/C13H24O/c1-11(2)9-13(14-3)10-12-7-5-4-6-8-12/h7,11,13H,4-6,8-10H2,1-3H3. The van der Waals surface area contributed by atoms with Gasteiger partial charge in [-0.1, -0.05) is 25.5 Å². The molecule has 0 N–H and O–H groups in total. The summed E-state index contributed by atoms with van der Waals surface area (Å²) in [6, 6.07) is 0. The van der Waals surface area contributed by atoms with Gasteiger partial charge in [0.25, 0.3) is 0 Å². The number of hydrogen-bond acceptors (Lipinski definition) is 1. The van der Waals surface area contributed by atoms with E-state index < -0.39 is 0 Å². The quantitative estimate of drug-likeness (QED) is 0.605. The lowest BCUT2D eigenvalue weighted by Crippen LogP contribution is -2.15. The molecule has 0 aromatic heterocycles. The van der Waals surface area contributed by atoms with Crippen molar-refractivity contribution in [3.05, 3.63) is 11.6 Å². The zero-order valence-electron chi connectivity index (χ0n) is 9.88. The first kappa shape index (κ1) is 11.8. The average Bonchev–Trinajstić information content (AvgIpc) is 2.17. The first-order valence-electron chi connectivity index (χ1n) is 5.93. The molecule has 1 aliphatic rings. The van der Waals surface area contributed by atoms with Gasteiger partial charge in [0.05, 0.1) is 6.10 Å². The average molecular weight is 196 g/mol. The van der Waals surface area contributed by atoms with E-state index in [2.05, 4.69) is 19.9 Å². The molecule has 14 heavy (non-hydrogen) atoms. The highest BCUT2D eigenvalue weighted by Crippen LogP contribution is 2.24. The summed E-state index contributed by atoms with van der Waals surface area (Å²) in [6.45, 7) is 4.53. The third kappa shape index (κ3) is 4.28. The highest BCUT2D eigenvalue weighted by atomic mass is 16.5. The number of allylic oxidation sites excluding steroid dienone is 1. The van der Waals surface area contributed by atoms with E-state index >= 15 is 0 Å². The van der Waals surface area contributed by atoms with Gasteiger partial charge in [-0.3, -0.25) is 0 Å². The molecule has 1 nitrogen and oxygen atoms in total. The molecule has 82 valence electrons. The van der Waals surface area contributed by atoms with Gasteiger partial charge in [-0.25, -0.2) is 0 Å². The molecule has 1 unspecified atom stereocenters. The van der Waals surface area contributed by atoms with Crippen LogP contribution in [-0.2, 0) is 4.74 Å². The summed E-state index contributed by atoms with van der Waals surface area (Å²) < 4.78 is 5.52. The van der Waals surface area contributed by atoms with Crippen LogP contribution >= 0.6 is 0 Å². The first-order chi connectivity index (χ1) is 6.72. The van der Waals surface area contributed by atoms with E-state index in [0.717, 1.165) is 12.3 Å².